The van der Waals surface area contributed by atoms with Gasteiger partial charge >= 0.3 is 0 Å². The van der Waals surface area contributed by atoms with Gasteiger partial charge in [-0.15, -0.1) is 0 Å². The average molecular weight is 355 g/mol. The van der Waals surface area contributed by atoms with Crippen molar-refractivity contribution in [2.45, 2.75) is 6.92 Å². The molecule has 0 bridgehead atoms. The Hall–Kier alpha value is -3.73. The van der Waals surface area contributed by atoms with E-state index in [1.165, 1.54) is 10.9 Å². The zero-order valence-corrected chi connectivity index (χ0v) is 14.7. The van der Waals surface area contributed by atoms with Gasteiger partial charge in [0.2, 0.25) is 0 Å². The lowest BCUT2D eigenvalue weighted by Crippen LogP contribution is -2.20. The van der Waals surface area contributed by atoms with Crippen molar-refractivity contribution in [3.63, 3.8) is 0 Å². The highest BCUT2D eigenvalue weighted by Crippen LogP contribution is 2.22. The molecular weight excluding hydrogens is 338 g/mol. The first-order chi connectivity index (χ1) is 13.1. The molecule has 0 aliphatic heterocycles. The minimum atomic E-state index is -0.259. The van der Waals surface area contributed by atoms with Gasteiger partial charge in [0.15, 0.2) is 5.82 Å². The monoisotopic (exact) mass is 355 g/mol. The number of aromatic nitrogens is 2. The Morgan fingerprint density at radius 3 is 2.48 bits per heavy atom. The summed E-state index contributed by atoms with van der Waals surface area (Å²) in [7, 11) is 0. The van der Waals surface area contributed by atoms with Gasteiger partial charge in [-0.05, 0) is 36.8 Å². The molecule has 4 aromatic rings. The van der Waals surface area contributed by atoms with Crippen molar-refractivity contribution in [1.82, 2.24) is 9.66 Å². The van der Waals surface area contributed by atoms with E-state index in [1.807, 2.05) is 43.3 Å². The van der Waals surface area contributed by atoms with Crippen molar-refractivity contribution >= 4 is 17.1 Å². The standard InChI is InChI=1S/C22H17N3O2/c1-15-8-2-4-10-17(15)21-24-19-12-6-5-11-18(19)22(27)25(21)23-14-16-9-3-7-13-20(16)26/h2-14,26H,1H3/b23-14+. The van der Waals surface area contributed by atoms with Crippen molar-refractivity contribution in [1.29, 1.82) is 0 Å². The molecule has 0 saturated carbocycles. The normalized spacial score (nSPS) is 11.3. The van der Waals surface area contributed by atoms with E-state index in [-0.39, 0.29) is 11.3 Å². The average Bonchev–Trinajstić information content (AvgIpc) is 2.69. The fraction of sp³-hybridized carbons (Fsp3) is 0.0455. The molecule has 0 unspecified atom stereocenters. The van der Waals surface area contributed by atoms with Gasteiger partial charge < -0.3 is 5.11 Å². The molecular formula is C22H17N3O2. The summed E-state index contributed by atoms with van der Waals surface area (Å²) in [6.45, 7) is 1.97. The van der Waals surface area contributed by atoms with Crippen molar-refractivity contribution in [3.8, 4) is 17.1 Å². The van der Waals surface area contributed by atoms with Crippen LogP contribution in [0.5, 0.6) is 5.75 Å². The van der Waals surface area contributed by atoms with Crippen LogP contribution in [0.4, 0.5) is 0 Å². The van der Waals surface area contributed by atoms with E-state index in [0.29, 0.717) is 22.3 Å². The summed E-state index contributed by atoms with van der Waals surface area (Å²) in [6, 6.07) is 21.8. The molecule has 1 aromatic heterocycles. The maximum atomic E-state index is 13.1. The quantitative estimate of drug-likeness (QED) is 0.566. The Labute approximate surface area is 155 Å². The fourth-order valence-corrected chi connectivity index (χ4v) is 2.95. The molecule has 4 rings (SSSR count). The number of nitrogens with zero attached hydrogens (tertiary/aromatic N) is 3. The molecule has 0 fully saturated rings. The second-order valence-electron chi connectivity index (χ2n) is 6.19. The third-order valence-electron chi connectivity index (χ3n) is 4.39. The molecule has 3 aromatic carbocycles. The summed E-state index contributed by atoms with van der Waals surface area (Å²) in [5.74, 6) is 0.559. The molecule has 5 heteroatoms. The van der Waals surface area contributed by atoms with E-state index >= 15 is 0 Å². The first-order valence-corrected chi connectivity index (χ1v) is 8.55. The number of rotatable bonds is 3. The molecule has 0 atom stereocenters. The van der Waals surface area contributed by atoms with E-state index in [0.717, 1.165) is 11.1 Å². The molecule has 0 aliphatic carbocycles. The number of aromatic hydroxyl groups is 1. The molecule has 27 heavy (non-hydrogen) atoms. The SMILES string of the molecule is Cc1ccccc1-c1nc2ccccc2c(=O)n1/N=C/c1ccccc1O. The molecule has 0 aliphatic rings. The van der Waals surface area contributed by atoms with Crippen LogP contribution in [0.3, 0.4) is 0 Å². The molecule has 0 amide bonds. The van der Waals surface area contributed by atoms with Gasteiger partial charge in [0, 0.05) is 11.1 Å². The van der Waals surface area contributed by atoms with E-state index < -0.39 is 0 Å². The minimum absolute atomic E-state index is 0.0977. The highest BCUT2D eigenvalue weighted by atomic mass is 16.3. The Bertz CT molecular complexity index is 1230. The van der Waals surface area contributed by atoms with E-state index in [4.69, 9.17) is 0 Å². The van der Waals surface area contributed by atoms with Crippen LogP contribution in [0.2, 0.25) is 0 Å². The zero-order chi connectivity index (χ0) is 18.8. The number of aryl methyl sites for hydroxylation is 1. The number of para-hydroxylation sites is 2. The Balaban J connectivity index is 1.99. The molecule has 1 N–H and O–H groups in total. The number of hydrogen-bond donors (Lipinski definition) is 1. The first-order valence-electron chi connectivity index (χ1n) is 8.55. The van der Waals surface area contributed by atoms with Crippen molar-refractivity contribution in [2.24, 2.45) is 5.10 Å². The Morgan fingerprint density at radius 2 is 1.67 bits per heavy atom. The molecule has 0 spiro atoms. The van der Waals surface area contributed by atoms with Crippen molar-refractivity contribution in [2.75, 3.05) is 0 Å². The van der Waals surface area contributed by atoms with Gasteiger partial charge in [-0.25, -0.2) is 4.98 Å². The van der Waals surface area contributed by atoms with Gasteiger partial charge in [-0.3, -0.25) is 4.79 Å². The highest BCUT2D eigenvalue weighted by Gasteiger charge is 2.13. The van der Waals surface area contributed by atoms with Crippen LogP contribution in [0.15, 0.2) is 82.7 Å². The second kappa shape index (κ2) is 6.88. The summed E-state index contributed by atoms with van der Waals surface area (Å²) < 4.78 is 1.29. The zero-order valence-electron chi connectivity index (χ0n) is 14.7. The maximum Gasteiger partial charge on any atom is 0.282 e. The smallest absolute Gasteiger partial charge is 0.282 e. The minimum Gasteiger partial charge on any atom is -0.507 e. The molecule has 132 valence electrons. The van der Waals surface area contributed by atoms with Gasteiger partial charge in [0.1, 0.15) is 5.75 Å². The summed E-state index contributed by atoms with van der Waals surface area (Å²) in [4.78, 5) is 17.8. The number of phenols is 1. The van der Waals surface area contributed by atoms with Crippen molar-refractivity contribution < 1.29 is 5.11 Å². The predicted octanol–water partition coefficient (Wildman–Crippen LogP) is 3.96. The highest BCUT2D eigenvalue weighted by molar-refractivity contribution is 5.84. The van der Waals surface area contributed by atoms with Crippen LogP contribution in [-0.4, -0.2) is 21.0 Å². The van der Waals surface area contributed by atoms with Crippen LogP contribution in [0.25, 0.3) is 22.3 Å². The van der Waals surface area contributed by atoms with Gasteiger partial charge in [-0.2, -0.15) is 9.78 Å². The number of benzene rings is 3. The largest absolute Gasteiger partial charge is 0.507 e. The summed E-state index contributed by atoms with van der Waals surface area (Å²) in [5, 5.41) is 14.8. The lowest BCUT2D eigenvalue weighted by atomic mass is 10.1. The lowest BCUT2D eigenvalue weighted by Gasteiger charge is -2.11. The molecule has 0 saturated heterocycles. The molecule has 0 radical (unpaired) electrons. The van der Waals surface area contributed by atoms with Crippen LogP contribution in [0.1, 0.15) is 11.1 Å². The summed E-state index contributed by atoms with van der Waals surface area (Å²) in [6.07, 6.45) is 1.47. The van der Waals surface area contributed by atoms with Crippen LogP contribution >= 0.6 is 0 Å². The Kier molecular flexibility index (Phi) is 4.26. The predicted molar refractivity (Wildman–Crippen MR) is 107 cm³/mol. The number of fused-ring (bicyclic) bond motifs is 1. The maximum absolute atomic E-state index is 13.1. The third kappa shape index (κ3) is 3.11. The van der Waals surface area contributed by atoms with Crippen LogP contribution in [0, 0.1) is 6.92 Å². The number of hydrogen-bond acceptors (Lipinski definition) is 4. The van der Waals surface area contributed by atoms with Crippen LogP contribution < -0.4 is 5.56 Å². The van der Waals surface area contributed by atoms with Gasteiger partial charge in [-0.1, -0.05) is 48.5 Å². The van der Waals surface area contributed by atoms with E-state index in [2.05, 4.69) is 10.1 Å². The molecule has 5 nitrogen and oxygen atoms in total. The van der Waals surface area contributed by atoms with E-state index in [1.54, 1.807) is 36.4 Å². The number of phenolic OH excluding ortho intramolecular Hbond substituents is 1. The van der Waals surface area contributed by atoms with Gasteiger partial charge in [0.05, 0.1) is 17.1 Å². The second-order valence-corrected chi connectivity index (χ2v) is 6.19. The van der Waals surface area contributed by atoms with Crippen molar-refractivity contribution in [3.05, 3.63) is 94.3 Å². The summed E-state index contributed by atoms with van der Waals surface area (Å²) in [5.41, 5.74) is 2.70. The fourth-order valence-electron chi connectivity index (χ4n) is 2.95. The summed E-state index contributed by atoms with van der Waals surface area (Å²) >= 11 is 0. The van der Waals surface area contributed by atoms with Gasteiger partial charge in [0.25, 0.3) is 5.56 Å². The van der Waals surface area contributed by atoms with Crippen LogP contribution in [-0.2, 0) is 0 Å². The third-order valence-corrected chi connectivity index (χ3v) is 4.39. The first kappa shape index (κ1) is 16.7. The topological polar surface area (TPSA) is 67.5 Å². The lowest BCUT2D eigenvalue weighted by molar-refractivity contribution is 0.474. The Morgan fingerprint density at radius 1 is 0.963 bits per heavy atom. The molecule has 1 heterocycles. The van der Waals surface area contributed by atoms with E-state index in [9.17, 15) is 9.90 Å².